The first kappa shape index (κ1) is 12.1. The fourth-order valence-electron chi connectivity index (χ4n) is 2.55. The van der Waals surface area contributed by atoms with Crippen LogP contribution in [-0.2, 0) is 0 Å². The molecule has 0 unspecified atom stereocenters. The summed E-state index contributed by atoms with van der Waals surface area (Å²) in [6, 6.07) is 5.87. The van der Waals surface area contributed by atoms with Crippen molar-refractivity contribution in [3.8, 4) is 5.75 Å². The van der Waals surface area contributed by atoms with Gasteiger partial charge in [-0.05, 0) is 37.8 Å². The molecule has 1 aromatic heterocycles. The summed E-state index contributed by atoms with van der Waals surface area (Å²) in [6.07, 6.45) is 2.31. The van der Waals surface area contributed by atoms with E-state index < -0.39 is 0 Å². The molecule has 2 N–H and O–H groups in total. The number of amides is 1. The third-order valence-electron chi connectivity index (χ3n) is 3.55. The Morgan fingerprint density at radius 2 is 2.26 bits per heavy atom. The summed E-state index contributed by atoms with van der Waals surface area (Å²) >= 11 is 0. The van der Waals surface area contributed by atoms with Crippen molar-refractivity contribution in [3.63, 3.8) is 0 Å². The smallest absolute Gasteiger partial charge is 0.253 e. The van der Waals surface area contributed by atoms with Crippen molar-refractivity contribution in [1.82, 2.24) is 10.3 Å². The minimum atomic E-state index is -0.0414. The topological polar surface area (TPSA) is 54.1 Å². The second-order valence-corrected chi connectivity index (χ2v) is 4.88. The number of ether oxygens (including phenoxy) is 1. The third-order valence-corrected chi connectivity index (χ3v) is 3.55. The van der Waals surface area contributed by atoms with Gasteiger partial charge in [0.2, 0.25) is 0 Å². The zero-order chi connectivity index (χ0) is 13.4. The van der Waals surface area contributed by atoms with E-state index in [1.165, 1.54) is 0 Å². The van der Waals surface area contributed by atoms with Gasteiger partial charge in [-0.1, -0.05) is 6.07 Å². The van der Waals surface area contributed by atoms with Crippen molar-refractivity contribution in [2.75, 3.05) is 13.7 Å². The van der Waals surface area contributed by atoms with E-state index >= 15 is 0 Å². The Kier molecular flexibility index (Phi) is 2.93. The molecule has 4 nitrogen and oxygen atoms in total. The van der Waals surface area contributed by atoms with E-state index in [1.807, 2.05) is 25.1 Å². The molecule has 0 atom stereocenters. The predicted molar refractivity (Wildman–Crippen MR) is 74.8 cm³/mol. The van der Waals surface area contributed by atoms with E-state index in [-0.39, 0.29) is 5.91 Å². The van der Waals surface area contributed by atoms with Crippen molar-refractivity contribution >= 4 is 16.8 Å². The predicted octanol–water partition coefficient (Wildman–Crippen LogP) is 2.80. The Bertz CT molecular complexity index is 626. The maximum Gasteiger partial charge on any atom is 0.253 e. The molecule has 0 spiro atoms. The minimum Gasteiger partial charge on any atom is -0.493 e. The lowest BCUT2D eigenvalue weighted by Gasteiger charge is -2.07. The molecule has 4 heteroatoms. The van der Waals surface area contributed by atoms with E-state index in [1.54, 1.807) is 7.05 Å². The molecule has 1 fully saturated rings. The maximum atomic E-state index is 12.2. The monoisotopic (exact) mass is 258 g/mol. The Morgan fingerprint density at radius 3 is 2.89 bits per heavy atom. The molecule has 1 aromatic carbocycles. The Balaban J connectivity index is 2.26. The zero-order valence-corrected chi connectivity index (χ0v) is 11.2. The van der Waals surface area contributed by atoms with Crippen LogP contribution in [0.15, 0.2) is 18.2 Å². The maximum absolute atomic E-state index is 12.2. The van der Waals surface area contributed by atoms with Gasteiger partial charge in [-0.25, -0.2) is 0 Å². The zero-order valence-electron chi connectivity index (χ0n) is 11.2. The summed E-state index contributed by atoms with van der Waals surface area (Å²) in [7, 11) is 1.67. The van der Waals surface area contributed by atoms with Gasteiger partial charge in [0.05, 0.1) is 23.1 Å². The first-order chi connectivity index (χ1) is 9.26. The van der Waals surface area contributed by atoms with Gasteiger partial charge in [0.25, 0.3) is 5.91 Å². The first-order valence-electron chi connectivity index (χ1n) is 6.75. The van der Waals surface area contributed by atoms with Gasteiger partial charge in [0.1, 0.15) is 5.75 Å². The fraction of sp³-hybridized carbons (Fsp3) is 0.400. The number of carbonyl (C=O) groups excluding carboxylic acids is 1. The number of nitrogens with one attached hydrogen (secondary N) is 2. The standard InChI is InChI=1S/C15H18N2O2/c1-3-19-11-6-4-5-10-12(11)13(15(18)16-2)14(17-10)9-7-8-9/h4-6,9,17H,3,7-8H2,1-2H3,(H,16,18). The number of hydrogen-bond acceptors (Lipinski definition) is 2. The van der Waals surface area contributed by atoms with Gasteiger partial charge in [-0.2, -0.15) is 0 Å². The number of aromatic amines is 1. The Morgan fingerprint density at radius 1 is 1.47 bits per heavy atom. The highest BCUT2D eigenvalue weighted by Gasteiger charge is 2.32. The first-order valence-corrected chi connectivity index (χ1v) is 6.75. The van der Waals surface area contributed by atoms with Gasteiger partial charge >= 0.3 is 0 Å². The molecule has 100 valence electrons. The number of H-pyrrole nitrogens is 1. The number of rotatable bonds is 4. The minimum absolute atomic E-state index is 0.0414. The number of benzene rings is 1. The van der Waals surface area contributed by atoms with Crippen LogP contribution in [0.1, 0.15) is 41.7 Å². The van der Waals surface area contributed by atoms with Crippen LogP contribution in [0.4, 0.5) is 0 Å². The van der Waals surface area contributed by atoms with Crippen LogP contribution in [0, 0.1) is 0 Å². The Hall–Kier alpha value is -1.97. The number of carbonyl (C=O) groups is 1. The second-order valence-electron chi connectivity index (χ2n) is 4.88. The van der Waals surface area contributed by atoms with Gasteiger partial charge in [0, 0.05) is 12.7 Å². The lowest BCUT2D eigenvalue weighted by Crippen LogP contribution is -2.19. The lowest BCUT2D eigenvalue weighted by molar-refractivity contribution is 0.0963. The third kappa shape index (κ3) is 1.97. The van der Waals surface area contributed by atoms with E-state index in [9.17, 15) is 4.79 Å². The number of aromatic nitrogens is 1. The van der Waals surface area contributed by atoms with Gasteiger partial charge in [-0.3, -0.25) is 4.79 Å². The molecule has 2 aromatic rings. The summed E-state index contributed by atoms with van der Waals surface area (Å²) in [6.45, 7) is 2.54. The van der Waals surface area contributed by atoms with Crippen LogP contribution in [-0.4, -0.2) is 24.5 Å². The summed E-state index contributed by atoms with van der Waals surface area (Å²) in [5, 5.41) is 3.65. The highest BCUT2D eigenvalue weighted by Crippen LogP contribution is 2.44. The molecule has 0 bridgehead atoms. The van der Waals surface area contributed by atoms with Gasteiger partial charge in [0.15, 0.2) is 0 Å². The summed E-state index contributed by atoms with van der Waals surface area (Å²) in [4.78, 5) is 15.6. The summed E-state index contributed by atoms with van der Waals surface area (Å²) in [5.41, 5.74) is 2.79. The lowest BCUT2D eigenvalue weighted by atomic mass is 10.1. The van der Waals surface area contributed by atoms with Crippen molar-refractivity contribution in [2.24, 2.45) is 0 Å². The molecule has 1 saturated carbocycles. The van der Waals surface area contributed by atoms with Crippen molar-refractivity contribution in [1.29, 1.82) is 0 Å². The molecule has 1 aliphatic carbocycles. The molecule has 0 radical (unpaired) electrons. The highest BCUT2D eigenvalue weighted by molar-refractivity contribution is 6.10. The van der Waals surface area contributed by atoms with Crippen LogP contribution >= 0.6 is 0 Å². The molecule has 1 aliphatic rings. The molecular formula is C15H18N2O2. The Labute approximate surface area is 112 Å². The molecule has 1 heterocycles. The fourth-order valence-corrected chi connectivity index (χ4v) is 2.55. The highest BCUT2D eigenvalue weighted by atomic mass is 16.5. The molecule has 1 amide bonds. The van der Waals surface area contributed by atoms with Crippen molar-refractivity contribution in [3.05, 3.63) is 29.5 Å². The number of fused-ring (bicyclic) bond motifs is 1. The quantitative estimate of drug-likeness (QED) is 0.886. The second kappa shape index (κ2) is 4.61. The average Bonchev–Trinajstić information content (AvgIpc) is 3.19. The van der Waals surface area contributed by atoms with Gasteiger partial charge < -0.3 is 15.0 Å². The van der Waals surface area contributed by atoms with Gasteiger partial charge in [-0.15, -0.1) is 0 Å². The largest absolute Gasteiger partial charge is 0.493 e. The average molecular weight is 258 g/mol. The normalized spacial score (nSPS) is 14.6. The van der Waals surface area contributed by atoms with Crippen molar-refractivity contribution < 1.29 is 9.53 Å². The van der Waals surface area contributed by atoms with E-state index in [0.29, 0.717) is 12.5 Å². The van der Waals surface area contributed by atoms with E-state index in [2.05, 4.69) is 10.3 Å². The van der Waals surface area contributed by atoms with Crippen LogP contribution in [0.2, 0.25) is 0 Å². The molecule has 19 heavy (non-hydrogen) atoms. The van der Waals surface area contributed by atoms with E-state index in [4.69, 9.17) is 4.74 Å². The number of hydrogen-bond donors (Lipinski definition) is 2. The summed E-state index contributed by atoms with van der Waals surface area (Å²) in [5.74, 6) is 1.23. The SMILES string of the molecule is CCOc1cccc2[nH]c(C3CC3)c(C(=O)NC)c12. The summed E-state index contributed by atoms with van der Waals surface area (Å²) < 4.78 is 5.67. The van der Waals surface area contributed by atoms with Crippen molar-refractivity contribution in [2.45, 2.75) is 25.7 Å². The molecule has 0 aliphatic heterocycles. The van der Waals surface area contributed by atoms with Crippen LogP contribution < -0.4 is 10.1 Å². The molecular weight excluding hydrogens is 240 g/mol. The van der Waals surface area contributed by atoms with Crippen LogP contribution in [0.5, 0.6) is 5.75 Å². The molecule has 0 saturated heterocycles. The van der Waals surface area contributed by atoms with Crippen LogP contribution in [0.3, 0.4) is 0 Å². The van der Waals surface area contributed by atoms with E-state index in [0.717, 1.165) is 40.8 Å². The molecule has 3 rings (SSSR count). The van der Waals surface area contributed by atoms with Crippen LogP contribution in [0.25, 0.3) is 10.9 Å².